The number of nitrogens with zero attached hydrogens (tertiary/aromatic N) is 1. The molecule has 0 radical (unpaired) electrons. The lowest BCUT2D eigenvalue weighted by Gasteiger charge is -2.08. The Labute approximate surface area is 146 Å². The fraction of sp³-hybridized carbons (Fsp3) is 0.0556. The second-order valence-corrected chi connectivity index (χ2v) is 7.44. The molecule has 3 rings (SSSR count). The molecular weight excluding hydrogens is 344 g/mol. The Morgan fingerprint density at radius 1 is 0.875 bits per heavy atom. The molecule has 2 aromatic carbocycles. The number of pyridine rings is 1. The minimum atomic E-state index is -3.53. The van der Waals surface area contributed by atoms with E-state index in [1.165, 1.54) is 0 Å². The summed E-state index contributed by atoms with van der Waals surface area (Å²) in [6, 6.07) is 20.0. The fourth-order valence-electron chi connectivity index (χ4n) is 2.25. The Balaban J connectivity index is 1.72. The van der Waals surface area contributed by atoms with Gasteiger partial charge < -0.3 is 0 Å². The van der Waals surface area contributed by atoms with Crippen molar-refractivity contribution in [3.63, 3.8) is 0 Å². The summed E-state index contributed by atoms with van der Waals surface area (Å²) in [5.74, 6) is 0.162. The van der Waals surface area contributed by atoms with E-state index in [-0.39, 0.29) is 5.75 Å². The molecule has 0 saturated heterocycles. The summed E-state index contributed by atoms with van der Waals surface area (Å²) >= 11 is 5.80. The molecule has 1 heterocycles. The number of benzene rings is 2. The molecule has 0 amide bonds. The first-order valence-corrected chi connectivity index (χ1v) is 9.31. The summed E-state index contributed by atoms with van der Waals surface area (Å²) in [5.41, 5.74) is 2.62. The molecule has 1 N–H and O–H groups in total. The van der Waals surface area contributed by atoms with Crippen molar-refractivity contribution in [2.24, 2.45) is 0 Å². The number of sulfonamides is 1. The molecule has 0 fully saturated rings. The van der Waals surface area contributed by atoms with Crippen molar-refractivity contribution in [2.75, 3.05) is 4.72 Å². The molecule has 0 aliphatic heterocycles. The van der Waals surface area contributed by atoms with Crippen LogP contribution in [0, 0.1) is 0 Å². The van der Waals surface area contributed by atoms with Crippen LogP contribution >= 0.6 is 11.6 Å². The van der Waals surface area contributed by atoms with E-state index in [0.717, 1.165) is 11.1 Å². The lowest BCUT2D eigenvalue weighted by Crippen LogP contribution is -2.15. The molecule has 4 nitrogen and oxygen atoms in total. The van der Waals surface area contributed by atoms with E-state index in [0.29, 0.717) is 16.4 Å². The molecule has 0 spiro atoms. The predicted octanol–water partition coefficient (Wildman–Crippen LogP) is 4.34. The van der Waals surface area contributed by atoms with Crippen LogP contribution in [0.4, 0.5) is 5.82 Å². The van der Waals surface area contributed by atoms with Crippen LogP contribution in [-0.2, 0) is 15.8 Å². The third-order valence-electron chi connectivity index (χ3n) is 3.40. The highest BCUT2D eigenvalue weighted by atomic mass is 35.5. The average Bonchev–Trinajstić information content (AvgIpc) is 2.58. The highest BCUT2D eigenvalue weighted by Gasteiger charge is 2.12. The smallest absolute Gasteiger partial charge is 0.238 e. The molecule has 0 aliphatic carbocycles. The Morgan fingerprint density at radius 2 is 1.58 bits per heavy atom. The molecule has 24 heavy (non-hydrogen) atoms. The van der Waals surface area contributed by atoms with Gasteiger partial charge in [-0.15, -0.1) is 0 Å². The summed E-state index contributed by atoms with van der Waals surface area (Å²) in [4.78, 5) is 4.18. The molecule has 6 heteroatoms. The lowest BCUT2D eigenvalue weighted by molar-refractivity contribution is 0.600. The van der Waals surface area contributed by atoms with Crippen molar-refractivity contribution in [3.05, 3.63) is 83.5 Å². The zero-order valence-electron chi connectivity index (χ0n) is 12.7. The third kappa shape index (κ3) is 4.34. The molecule has 0 saturated carbocycles. The monoisotopic (exact) mass is 358 g/mol. The van der Waals surface area contributed by atoms with Crippen LogP contribution < -0.4 is 4.72 Å². The lowest BCUT2D eigenvalue weighted by atomic mass is 10.1. The van der Waals surface area contributed by atoms with Gasteiger partial charge in [0.1, 0.15) is 5.82 Å². The van der Waals surface area contributed by atoms with Crippen LogP contribution in [0.15, 0.2) is 72.9 Å². The molecule has 0 unspecified atom stereocenters. The summed E-state index contributed by atoms with van der Waals surface area (Å²) in [7, 11) is -3.53. The van der Waals surface area contributed by atoms with E-state index in [1.807, 2.05) is 36.4 Å². The highest BCUT2D eigenvalue weighted by molar-refractivity contribution is 7.91. The highest BCUT2D eigenvalue weighted by Crippen LogP contribution is 2.20. The third-order valence-corrected chi connectivity index (χ3v) is 4.89. The maximum atomic E-state index is 12.2. The SMILES string of the molecule is O=S(=O)(Cc1ccc(Cl)cc1)Nc1ccc(-c2ccccc2)cn1. The maximum Gasteiger partial charge on any atom is 0.238 e. The first-order chi connectivity index (χ1) is 11.5. The van der Waals surface area contributed by atoms with Gasteiger partial charge in [0.2, 0.25) is 10.0 Å². The van der Waals surface area contributed by atoms with Gasteiger partial charge in [-0.25, -0.2) is 13.4 Å². The number of hydrogen-bond acceptors (Lipinski definition) is 3. The second kappa shape index (κ2) is 7.03. The first-order valence-electron chi connectivity index (χ1n) is 7.28. The van der Waals surface area contributed by atoms with Crippen LogP contribution in [0.25, 0.3) is 11.1 Å². The van der Waals surface area contributed by atoms with Crippen molar-refractivity contribution in [2.45, 2.75) is 5.75 Å². The Morgan fingerprint density at radius 3 is 2.21 bits per heavy atom. The Kier molecular flexibility index (Phi) is 4.83. The van der Waals surface area contributed by atoms with E-state index in [4.69, 9.17) is 11.6 Å². The predicted molar refractivity (Wildman–Crippen MR) is 97.4 cm³/mol. The normalized spacial score (nSPS) is 11.2. The minimum absolute atomic E-state index is 0.133. The molecular formula is C18H15ClN2O2S. The van der Waals surface area contributed by atoms with Gasteiger partial charge in [-0.2, -0.15) is 0 Å². The molecule has 0 aliphatic rings. The second-order valence-electron chi connectivity index (χ2n) is 5.29. The van der Waals surface area contributed by atoms with Gasteiger partial charge in [-0.1, -0.05) is 54.1 Å². The van der Waals surface area contributed by atoms with Gasteiger partial charge in [-0.3, -0.25) is 4.72 Å². The van der Waals surface area contributed by atoms with E-state index < -0.39 is 10.0 Å². The molecule has 0 atom stereocenters. The van der Waals surface area contributed by atoms with Gasteiger partial charge in [0, 0.05) is 16.8 Å². The average molecular weight is 359 g/mol. The van der Waals surface area contributed by atoms with E-state index in [9.17, 15) is 8.42 Å². The number of halogens is 1. The van der Waals surface area contributed by atoms with Crippen molar-refractivity contribution in [3.8, 4) is 11.1 Å². The van der Waals surface area contributed by atoms with E-state index >= 15 is 0 Å². The fourth-order valence-corrected chi connectivity index (χ4v) is 3.52. The Bertz CT molecular complexity index is 909. The van der Waals surface area contributed by atoms with Crippen LogP contribution in [0.5, 0.6) is 0 Å². The zero-order valence-corrected chi connectivity index (χ0v) is 14.3. The molecule has 122 valence electrons. The van der Waals surface area contributed by atoms with Crippen LogP contribution in [0.1, 0.15) is 5.56 Å². The standard InChI is InChI=1S/C18H15ClN2O2S/c19-17-9-6-14(7-10-17)13-24(22,23)21-18-11-8-16(12-20-18)15-4-2-1-3-5-15/h1-12H,13H2,(H,20,21). The number of nitrogens with one attached hydrogen (secondary N) is 1. The van der Waals surface area contributed by atoms with Gasteiger partial charge in [0.25, 0.3) is 0 Å². The molecule has 1 aromatic heterocycles. The number of aromatic nitrogens is 1. The van der Waals surface area contributed by atoms with Crippen LogP contribution in [-0.4, -0.2) is 13.4 Å². The number of rotatable bonds is 5. The topological polar surface area (TPSA) is 59.1 Å². The van der Waals surface area contributed by atoms with Crippen LogP contribution in [0.3, 0.4) is 0 Å². The van der Waals surface area contributed by atoms with Crippen LogP contribution in [0.2, 0.25) is 5.02 Å². The van der Waals surface area contributed by atoms with Gasteiger partial charge in [0.15, 0.2) is 0 Å². The van der Waals surface area contributed by atoms with Gasteiger partial charge in [0.05, 0.1) is 5.75 Å². The summed E-state index contributed by atoms with van der Waals surface area (Å²) in [6.45, 7) is 0. The number of anilines is 1. The molecule has 0 bridgehead atoms. The Hall–Kier alpha value is -2.37. The van der Waals surface area contributed by atoms with Crippen molar-refractivity contribution < 1.29 is 8.42 Å². The van der Waals surface area contributed by atoms with Gasteiger partial charge in [-0.05, 0) is 35.4 Å². The van der Waals surface area contributed by atoms with Gasteiger partial charge >= 0.3 is 0 Å². The zero-order chi connectivity index (χ0) is 17.0. The summed E-state index contributed by atoms with van der Waals surface area (Å²) in [6.07, 6.45) is 1.65. The number of hydrogen-bond donors (Lipinski definition) is 1. The largest absolute Gasteiger partial charge is 0.267 e. The minimum Gasteiger partial charge on any atom is -0.267 e. The maximum absolute atomic E-state index is 12.2. The van der Waals surface area contributed by atoms with Crippen molar-refractivity contribution >= 4 is 27.4 Å². The summed E-state index contributed by atoms with van der Waals surface area (Å²) in [5, 5.41) is 0.572. The first kappa shape index (κ1) is 16.5. The van der Waals surface area contributed by atoms with Crippen molar-refractivity contribution in [1.29, 1.82) is 0 Å². The summed E-state index contributed by atoms with van der Waals surface area (Å²) < 4.78 is 26.9. The van der Waals surface area contributed by atoms with E-state index in [1.54, 1.807) is 36.5 Å². The molecule has 3 aromatic rings. The van der Waals surface area contributed by atoms with E-state index in [2.05, 4.69) is 9.71 Å². The quantitative estimate of drug-likeness (QED) is 0.737. The van der Waals surface area contributed by atoms with Crippen molar-refractivity contribution in [1.82, 2.24) is 4.98 Å².